The Morgan fingerprint density at radius 2 is 2.24 bits per heavy atom. The molecule has 0 amide bonds. The lowest BCUT2D eigenvalue weighted by atomic mass is 10.1. The monoisotopic (exact) mass is 227 g/mol. The Bertz CT molecular complexity index is 626. The maximum absolute atomic E-state index is 5.54. The van der Waals surface area contributed by atoms with Crippen LogP contribution in [0.3, 0.4) is 0 Å². The second kappa shape index (κ2) is 3.71. The van der Waals surface area contributed by atoms with Crippen LogP contribution in [0, 0.1) is 0 Å². The molecular weight excluding hydrogens is 218 g/mol. The van der Waals surface area contributed by atoms with E-state index in [1.165, 1.54) is 0 Å². The standard InChI is InChI=1S/C10H9N7/c11-10-12-5-9(14-10)7-2-1-3-8(4-7)17-6-13-15-16-17/h1-6H,(H3,11,12,14). The fourth-order valence-electron chi connectivity index (χ4n) is 1.58. The maximum atomic E-state index is 5.54. The Balaban J connectivity index is 2.05. The minimum atomic E-state index is 0.396. The van der Waals surface area contributed by atoms with Gasteiger partial charge in [-0.15, -0.1) is 5.10 Å². The molecule has 0 atom stereocenters. The number of imidazole rings is 1. The average Bonchev–Trinajstić information content (AvgIpc) is 3.00. The molecule has 3 aromatic rings. The van der Waals surface area contributed by atoms with Crippen LogP contribution in [0.2, 0.25) is 0 Å². The summed E-state index contributed by atoms with van der Waals surface area (Å²) < 4.78 is 1.59. The van der Waals surface area contributed by atoms with E-state index in [4.69, 9.17) is 5.73 Å². The van der Waals surface area contributed by atoms with Crippen molar-refractivity contribution in [1.82, 2.24) is 30.2 Å². The molecule has 17 heavy (non-hydrogen) atoms. The first-order valence-electron chi connectivity index (χ1n) is 4.97. The molecule has 0 saturated heterocycles. The average molecular weight is 227 g/mol. The van der Waals surface area contributed by atoms with E-state index in [0.29, 0.717) is 5.95 Å². The van der Waals surface area contributed by atoms with Crippen LogP contribution >= 0.6 is 0 Å². The van der Waals surface area contributed by atoms with Gasteiger partial charge in [-0.05, 0) is 22.6 Å². The van der Waals surface area contributed by atoms with Gasteiger partial charge in [0.2, 0.25) is 0 Å². The van der Waals surface area contributed by atoms with Crippen molar-refractivity contribution < 1.29 is 0 Å². The molecule has 0 bridgehead atoms. The minimum Gasteiger partial charge on any atom is -0.369 e. The number of H-pyrrole nitrogens is 1. The largest absolute Gasteiger partial charge is 0.369 e. The number of aromatic amines is 1. The van der Waals surface area contributed by atoms with Crippen LogP contribution in [0.25, 0.3) is 16.9 Å². The lowest BCUT2D eigenvalue weighted by Crippen LogP contribution is -1.95. The molecule has 0 spiro atoms. The molecule has 1 aromatic carbocycles. The minimum absolute atomic E-state index is 0.396. The number of hydrogen-bond acceptors (Lipinski definition) is 5. The van der Waals surface area contributed by atoms with Crippen molar-refractivity contribution in [1.29, 1.82) is 0 Å². The second-order valence-corrected chi connectivity index (χ2v) is 3.49. The first-order chi connectivity index (χ1) is 8.33. The SMILES string of the molecule is Nc1ncc(-c2cccc(-n3cnnn3)c2)[nH]1. The van der Waals surface area contributed by atoms with E-state index >= 15 is 0 Å². The Morgan fingerprint density at radius 3 is 2.94 bits per heavy atom. The molecule has 0 radical (unpaired) electrons. The highest BCUT2D eigenvalue weighted by Crippen LogP contribution is 2.20. The summed E-state index contributed by atoms with van der Waals surface area (Å²) in [5.41, 5.74) is 8.25. The van der Waals surface area contributed by atoms with E-state index < -0.39 is 0 Å². The molecule has 7 nitrogen and oxygen atoms in total. The molecule has 0 unspecified atom stereocenters. The first-order valence-corrected chi connectivity index (χ1v) is 4.97. The number of nitrogens with two attached hydrogens (primary N) is 1. The van der Waals surface area contributed by atoms with Crippen molar-refractivity contribution in [3.63, 3.8) is 0 Å². The van der Waals surface area contributed by atoms with Gasteiger partial charge in [0.05, 0.1) is 17.6 Å². The highest BCUT2D eigenvalue weighted by atomic mass is 15.5. The van der Waals surface area contributed by atoms with Crippen LogP contribution < -0.4 is 5.73 Å². The van der Waals surface area contributed by atoms with Gasteiger partial charge >= 0.3 is 0 Å². The van der Waals surface area contributed by atoms with Gasteiger partial charge in [-0.1, -0.05) is 12.1 Å². The highest BCUT2D eigenvalue weighted by molar-refractivity contribution is 5.62. The zero-order valence-corrected chi connectivity index (χ0v) is 8.78. The summed E-state index contributed by atoms with van der Waals surface area (Å²) in [5, 5.41) is 11.0. The highest BCUT2D eigenvalue weighted by Gasteiger charge is 2.03. The number of tetrazole rings is 1. The van der Waals surface area contributed by atoms with Gasteiger partial charge in [0, 0.05) is 5.56 Å². The van der Waals surface area contributed by atoms with E-state index in [2.05, 4.69) is 25.5 Å². The predicted octanol–water partition coefficient (Wildman–Crippen LogP) is 0.635. The van der Waals surface area contributed by atoms with E-state index in [9.17, 15) is 0 Å². The van der Waals surface area contributed by atoms with Crippen molar-refractivity contribution in [3.05, 3.63) is 36.8 Å². The van der Waals surface area contributed by atoms with Gasteiger partial charge in [-0.3, -0.25) is 0 Å². The molecule has 0 fully saturated rings. The van der Waals surface area contributed by atoms with Gasteiger partial charge in [0.25, 0.3) is 0 Å². The summed E-state index contributed by atoms with van der Waals surface area (Å²) >= 11 is 0. The van der Waals surface area contributed by atoms with Crippen LogP contribution in [0.4, 0.5) is 5.95 Å². The zero-order chi connectivity index (χ0) is 11.7. The third kappa shape index (κ3) is 1.73. The van der Waals surface area contributed by atoms with E-state index in [1.54, 1.807) is 17.2 Å². The number of benzene rings is 1. The molecule has 0 aliphatic rings. The summed E-state index contributed by atoms with van der Waals surface area (Å²) in [4.78, 5) is 6.93. The third-order valence-electron chi connectivity index (χ3n) is 2.37. The summed E-state index contributed by atoms with van der Waals surface area (Å²) in [5.74, 6) is 0.396. The number of hydrogen-bond donors (Lipinski definition) is 2. The molecule has 3 rings (SSSR count). The van der Waals surface area contributed by atoms with E-state index in [0.717, 1.165) is 16.9 Å². The molecule has 0 saturated carbocycles. The molecule has 84 valence electrons. The quantitative estimate of drug-likeness (QED) is 0.669. The van der Waals surface area contributed by atoms with Crippen molar-refractivity contribution in [2.24, 2.45) is 0 Å². The van der Waals surface area contributed by atoms with Gasteiger partial charge in [-0.2, -0.15) is 0 Å². The normalized spacial score (nSPS) is 10.6. The lowest BCUT2D eigenvalue weighted by Gasteiger charge is -2.02. The van der Waals surface area contributed by atoms with Gasteiger partial charge < -0.3 is 10.7 Å². The first kappa shape index (κ1) is 9.52. The Morgan fingerprint density at radius 1 is 1.29 bits per heavy atom. The number of rotatable bonds is 2. The molecule has 3 N–H and O–H groups in total. The predicted molar refractivity (Wildman–Crippen MR) is 61.1 cm³/mol. The molecule has 7 heteroatoms. The van der Waals surface area contributed by atoms with Crippen molar-refractivity contribution in [2.75, 3.05) is 5.73 Å². The fourth-order valence-corrected chi connectivity index (χ4v) is 1.58. The smallest absolute Gasteiger partial charge is 0.197 e. The van der Waals surface area contributed by atoms with Gasteiger partial charge in [0.1, 0.15) is 6.33 Å². The van der Waals surface area contributed by atoms with E-state index in [-0.39, 0.29) is 0 Å². The molecule has 2 aromatic heterocycles. The number of aromatic nitrogens is 6. The van der Waals surface area contributed by atoms with Crippen molar-refractivity contribution >= 4 is 5.95 Å². The summed E-state index contributed by atoms with van der Waals surface area (Å²) in [6.45, 7) is 0. The molecule has 0 aliphatic carbocycles. The van der Waals surface area contributed by atoms with Crippen LogP contribution in [0.5, 0.6) is 0 Å². The Hall–Kier alpha value is -2.70. The van der Waals surface area contributed by atoms with Crippen molar-refractivity contribution in [3.8, 4) is 16.9 Å². The second-order valence-electron chi connectivity index (χ2n) is 3.49. The van der Waals surface area contributed by atoms with Gasteiger partial charge in [0.15, 0.2) is 5.95 Å². The summed E-state index contributed by atoms with van der Waals surface area (Å²) in [7, 11) is 0. The molecule has 0 aliphatic heterocycles. The number of nitrogen functional groups attached to an aromatic ring is 1. The number of nitrogens with one attached hydrogen (secondary N) is 1. The number of anilines is 1. The van der Waals surface area contributed by atoms with Crippen LogP contribution in [0.1, 0.15) is 0 Å². The zero-order valence-electron chi connectivity index (χ0n) is 8.78. The molecule has 2 heterocycles. The topological polar surface area (TPSA) is 98.3 Å². The summed E-state index contributed by atoms with van der Waals surface area (Å²) in [6, 6.07) is 7.74. The molecular formula is C10H9N7. The number of nitrogens with zero attached hydrogens (tertiary/aromatic N) is 5. The van der Waals surface area contributed by atoms with Crippen LogP contribution in [-0.4, -0.2) is 30.2 Å². The van der Waals surface area contributed by atoms with Crippen LogP contribution in [-0.2, 0) is 0 Å². The lowest BCUT2D eigenvalue weighted by molar-refractivity contribution is 0.789. The van der Waals surface area contributed by atoms with Crippen LogP contribution in [0.15, 0.2) is 36.8 Å². The Kier molecular flexibility index (Phi) is 2.08. The van der Waals surface area contributed by atoms with E-state index in [1.807, 2.05) is 24.3 Å². The van der Waals surface area contributed by atoms with Gasteiger partial charge in [-0.25, -0.2) is 9.67 Å². The fraction of sp³-hybridized carbons (Fsp3) is 0. The maximum Gasteiger partial charge on any atom is 0.197 e. The van der Waals surface area contributed by atoms with Crippen molar-refractivity contribution in [2.45, 2.75) is 0 Å². The Labute approximate surface area is 96.3 Å². The summed E-state index contributed by atoms with van der Waals surface area (Å²) in [6.07, 6.45) is 3.23. The third-order valence-corrected chi connectivity index (χ3v) is 2.37.